The quantitative estimate of drug-likeness (QED) is 0.410. The van der Waals surface area contributed by atoms with Crippen LogP contribution in [-0.2, 0) is 0 Å². The van der Waals surface area contributed by atoms with Crippen molar-refractivity contribution in [1.29, 1.82) is 0 Å². The van der Waals surface area contributed by atoms with Crippen LogP contribution in [0.1, 0.15) is 25.7 Å². The highest BCUT2D eigenvalue weighted by atomic mass is 35.5. The van der Waals surface area contributed by atoms with Crippen LogP contribution < -0.4 is 20.9 Å². The number of benzene rings is 2. The lowest BCUT2D eigenvalue weighted by Crippen LogP contribution is -2.36. The Bertz CT molecular complexity index is 1110. The molecule has 33 heavy (non-hydrogen) atoms. The minimum Gasteiger partial charge on any atom is -0.362 e. The molecule has 0 bridgehead atoms. The smallest absolute Gasteiger partial charge is 0.319 e. The molecule has 1 aromatic heterocycles. The minimum absolute atomic E-state index is 0.300. The Balaban J connectivity index is 1.28. The number of amides is 2. The third-order valence-corrected chi connectivity index (χ3v) is 6.57. The van der Waals surface area contributed by atoms with Gasteiger partial charge in [-0.25, -0.2) is 9.78 Å². The molecule has 1 heterocycles. The number of aromatic nitrogens is 2. The van der Waals surface area contributed by atoms with Gasteiger partial charge in [0, 0.05) is 32.1 Å². The molecule has 174 valence electrons. The maximum atomic E-state index is 12.3. The molecule has 0 spiro atoms. The first-order valence-electron chi connectivity index (χ1n) is 11.1. The standard InChI is InChI=1S/C24H28Cl2N6O/c1-32(2)22-17-6-3-4-9-20(17)29-23(31-22)28-16-12-10-15(11-13-16)14-27-24(33)30-21-18(25)7-5-8-19(21)26/h3-9,15-16H,10-14H2,1-2H3,(H2,27,30,33)(H,28,29,31). The third-order valence-electron chi connectivity index (χ3n) is 5.94. The van der Waals surface area contributed by atoms with Crippen molar-refractivity contribution in [2.75, 3.05) is 36.2 Å². The number of carbonyl (C=O) groups excluding carboxylic acids is 1. The van der Waals surface area contributed by atoms with Gasteiger partial charge in [-0.05, 0) is 55.9 Å². The van der Waals surface area contributed by atoms with Crippen molar-refractivity contribution in [3.63, 3.8) is 0 Å². The molecule has 0 saturated heterocycles. The second-order valence-corrected chi connectivity index (χ2v) is 9.39. The molecule has 2 amide bonds. The van der Waals surface area contributed by atoms with Gasteiger partial charge in [-0.2, -0.15) is 4.98 Å². The fraction of sp³-hybridized carbons (Fsp3) is 0.375. The number of nitrogens with zero attached hydrogens (tertiary/aromatic N) is 3. The lowest BCUT2D eigenvalue weighted by molar-refractivity contribution is 0.246. The Morgan fingerprint density at radius 3 is 2.39 bits per heavy atom. The Morgan fingerprint density at radius 1 is 1.00 bits per heavy atom. The highest BCUT2D eigenvalue weighted by Gasteiger charge is 2.23. The molecule has 9 heteroatoms. The van der Waals surface area contributed by atoms with Crippen LogP contribution in [0.25, 0.3) is 10.9 Å². The van der Waals surface area contributed by atoms with E-state index in [-0.39, 0.29) is 6.03 Å². The number of para-hydroxylation sites is 2. The first-order valence-corrected chi connectivity index (χ1v) is 11.9. The van der Waals surface area contributed by atoms with Crippen LogP contribution in [0.4, 0.5) is 22.2 Å². The van der Waals surface area contributed by atoms with Gasteiger partial charge in [-0.15, -0.1) is 0 Å². The molecule has 0 atom stereocenters. The van der Waals surface area contributed by atoms with Gasteiger partial charge in [-0.1, -0.05) is 41.4 Å². The average molecular weight is 487 g/mol. The molecule has 2 aromatic carbocycles. The van der Waals surface area contributed by atoms with Crippen molar-refractivity contribution < 1.29 is 4.79 Å². The normalized spacial score (nSPS) is 18.1. The predicted octanol–water partition coefficient (Wildman–Crippen LogP) is 5.80. The average Bonchev–Trinajstić information content (AvgIpc) is 2.80. The van der Waals surface area contributed by atoms with Gasteiger partial charge >= 0.3 is 6.03 Å². The number of halogens is 2. The van der Waals surface area contributed by atoms with E-state index in [2.05, 4.69) is 16.0 Å². The molecule has 3 aromatic rings. The van der Waals surface area contributed by atoms with Crippen LogP contribution in [0, 0.1) is 5.92 Å². The summed E-state index contributed by atoms with van der Waals surface area (Å²) in [6.45, 7) is 0.609. The molecular formula is C24H28Cl2N6O. The molecule has 0 radical (unpaired) electrons. The molecule has 0 aliphatic heterocycles. The van der Waals surface area contributed by atoms with Gasteiger partial charge in [0.25, 0.3) is 0 Å². The van der Waals surface area contributed by atoms with E-state index in [0.717, 1.165) is 42.4 Å². The first-order chi connectivity index (χ1) is 15.9. The SMILES string of the molecule is CN(C)c1nc(NC2CCC(CNC(=O)Nc3c(Cl)cccc3Cl)CC2)nc2ccccc12. The lowest BCUT2D eigenvalue weighted by Gasteiger charge is -2.29. The molecular weight excluding hydrogens is 459 g/mol. The summed E-state index contributed by atoms with van der Waals surface area (Å²) in [4.78, 5) is 23.8. The first kappa shape index (κ1) is 23.4. The zero-order valence-electron chi connectivity index (χ0n) is 18.7. The highest BCUT2D eigenvalue weighted by Crippen LogP contribution is 2.30. The summed E-state index contributed by atoms with van der Waals surface area (Å²) in [5.74, 6) is 1.99. The van der Waals surface area contributed by atoms with Crippen LogP contribution in [0.3, 0.4) is 0 Å². The van der Waals surface area contributed by atoms with Crippen LogP contribution in [0.15, 0.2) is 42.5 Å². The Kier molecular flexibility index (Phi) is 7.40. The van der Waals surface area contributed by atoms with E-state index in [4.69, 9.17) is 33.2 Å². The topological polar surface area (TPSA) is 82.2 Å². The van der Waals surface area contributed by atoms with Crippen LogP contribution in [0.5, 0.6) is 0 Å². The summed E-state index contributed by atoms with van der Waals surface area (Å²) in [6.07, 6.45) is 4.02. The van der Waals surface area contributed by atoms with Crippen molar-refractivity contribution in [3.05, 3.63) is 52.5 Å². The molecule has 1 saturated carbocycles. The lowest BCUT2D eigenvalue weighted by atomic mass is 9.86. The summed E-state index contributed by atoms with van der Waals surface area (Å²) in [6, 6.07) is 13.2. The fourth-order valence-electron chi connectivity index (χ4n) is 4.17. The summed E-state index contributed by atoms with van der Waals surface area (Å²) in [7, 11) is 3.99. The largest absolute Gasteiger partial charge is 0.362 e. The van der Waals surface area contributed by atoms with E-state index >= 15 is 0 Å². The minimum atomic E-state index is -0.300. The number of nitrogens with one attached hydrogen (secondary N) is 3. The summed E-state index contributed by atoms with van der Waals surface area (Å²) in [5, 5.41) is 11.1. The van der Waals surface area contributed by atoms with Crippen molar-refractivity contribution in [1.82, 2.24) is 15.3 Å². The Morgan fingerprint density at radius 2 is 1.70 bits per heavy atom. The third kappa shape index (κ3) is 5.78. The van der Waals surface area contributed by atoms with Crippen molar-refractivity contribution in [3.8, 4) is 0 Å². The van der Waals surface area contributed by atoms with Crippen molar-refractivity contribution in [2.24, 2.45) is 5.92 Å². The van der Waals surface area contributed by atoms with Gasteiger partial charge in [-0.3, -0.25) is 0 Å². The van der Waals surface area contributed by atoms with Crippen LogP contribution in [-0.4, -0.2) is 42.7 Å². The number of fused-ring (bicyclic) bond motifs is 1. The summed E-state index contributed by atoms with van der Waals surface area (Å²) < 4.78 is 0. The summed E-state index contributed by atoms with van der Waals surface area (Å²) in [5.41, 5.74) is 1.36. The van der Waals surface area contributed by atoms with E-state index in [0.29, 0.717) is 40.2 Å². The number of urea groups is 1. The number of hydrogen-bond donors (Lipinski definition) is 3. The van der Waals surface area contributed by atoms with Crippen molar-refractivity contribution in [2.45, 2.75) is 31.7 Å². The van der Waals surface area contributed by atoms with Gasteiger partial charge in [0.2, 0.25) is 5.95 Å². The van der Waals surface area contributed by atoms with Crippen LogP contribution >= 0.6 is 23.2 Å². The molecule has 0 unspecified atom stereocenters. The molecule has 7 nitrogen and oxygen atoms in total. The van der Waals surface area contributed by atoms with E-state index in [1.807, 2.05) is 43.3 Å². The zero-order chi connectivity index (χ0) is 23.4. The number of anilines is 3. The second kappa shape index (κ2) is 10.4. The number of carbonyl (C=O) groups is 1. The molecule has 1 aliphatic carbocycles. The Hall–Kier alpha value is -2.77. The Labute approximate surface area is 203 Å². The van der Waals surface area contributed by atoms with Gasteiger partial charge in [0.1, 0.15) is 5.82 Å². The predicted molar refractivity (Wildman–Crippen MR) is 137 cm³/mol. The van der Waals surface area contributed by atoms with Gasteiger partial charge in [0.15, 0.2) is 0 Å². The number of hydrogen-bond acceptors (Lipinski definition) is 5. The molecule has 3 N–H and O–H groups in total. The van der Waals surface area contributed by atoms with E-state index < -0.39 is 0 Å². The van der Waals surface area contributed by atoms with E-state index in [1.54, 1.807) is 18.2 Å². The zero-order valence-corrected chi connectivity index (χ0v) is 20.2. The maximum Gasteiger partial charge on any atom is 0.319 e. The monoisotopic (exact) mass is 486 g/mol. The van der Waals surface area contributed by atoms with E-state index in [9.17, 15) is 4.79 Å². The molecule has 1 fully saturated rings. The second-order valence-electron chi connectivity index (χ2n) is 8.58. The fourth-order valence-corrected chi connectivity index (χ4v) is 4.66. The molecule has 1 aliphatic rings. The molecule has 4 rings (SSSR count). The van der Waals surface area contributed by atoms with Gasteiger partial charge in [0.05, 0.1) is 21.2 Å². The van der Waals surface area contributed by atoms with E-state index in [1.165, 1.54) is 0 Å². The maximum absolute atomic E-state index is 12.3. The van der Waals surface area contributed by atoms with Gasteiger partial charge < -0.3 is 20.9 Å². The highest BCUT2D eigenvalue weighted by molar-refractivity contribution is 6.39. The number of rotatable bonds is 6. The summed E-state index contributed by atoms with van der Waals surface area (Å²) >= 11 is 12.2. The van der Waals surface area contributed by atoms with Crippen molar-refractivity contribution >= 4 is 57.6 Å². The van der Waals surface area contributed by atoms with Crippen LogP contribution in [0.2, 0.25) is 10.0 Å².